The van der Waals surface area contributed by atoms with Crippen LogP contribution in [-0.4, -0.2) is 24.1 Å². The molecule has 1 aromatic carbocycles. The van der Waals surface area contributed by atoms with Crippen LogP contribution in [0.1, 0.15) is 20.0 Å². The van der Waals surface area contributed by atoms with E-state index in [2.05, 4.69) is 21.2 Å². The Labute approximate surface area is 127 Å². The quantitative estimate of drug-likeness (QED) is 0.880. The van der Waals surface area contributed by atoms with Gasteiger partial charge in [-0.05, 0) is 46.3 Å². The smallest absolute Gasteiger partial charge is 0.335 e. The van der Waals surface area contributed by atoms with Gasteiger partial charge < -0.3 is 15.2 Å². The number of benzene rings is 1. The number of carbonyl (C=O) groups is 2. The summed E-state index contributed by atoms with van der Waals surface area (Å²) in [5.74, 6) is -0.984. The number of hydrogen-bond donors (Lipinski definition) is 2. The van der Waals surface area contributed by atoms with Gasteiger partial charge in [-0.25, -0.2) is 4.79 Å². The van der Waals surface area contributed by atoms with Gasteiger partial charge in [-0.1, -0.05) is 0 Å². The predicted molar refractivity (Wildman–Crippen MR) is 79.9 cm³/mol. The minimum absolute atomic E-state index is 0.0773. The molecule has 0 saturated heterocycles. The molecule has 0 radical (unpaired) electrons. The van der Waals surface area contributed by atoms with Crippen LogP contribution in [0.5, 0.6) is 5.75 Å². The van der Waals surface area contributed by atoms with Crippen LogP contribution < -0.4 is 10.1 Å². The summed E-state index contributed by atoms with van der Waals surface area (Å²) < 4.78 is 5.95. The Balaban J connectivity index is 2.29. The summed E-state index contributed by atoms with van der Waals surface area (Å²) in [6.07, 6.45) is 0. The minimum atomic E-state index is -1.07. The first-order valence-electron chi connectivity index (χ1n) is 5.49. The van der Waals surface area contributed by atoms with Crippen LogP contribution in [0.4, 0.5) is 5.69 Å². The van der Waals surface area contributed by atoms with E-state index in [0.29, 0.717) is 16.3 Å². The highest BCUT2D eigenvalue weighted by Crippen LogP contribution is 2.28. The van der Waals surface area contributed by atoms with E-state index in [1.54, 1.807) is 12.1 Å². The minimum Gasteiger partial charge on any atom is -0.495 e. The van der Waals surface area contributed by atoms with E-state index in [9.17, 15) is 9.59 Å². The van der Waals surface area contributed by atoms with Gasteiger partial charge in [0.05, 0.1) is 27.0 Å². The highest BCUT2D eigenvalue weighted by molar-refractivity contribution is 9.11. The van der Waals surface area contributed by atoms with Crippen molar-refractivity contribution >= 4 is 44.8 Å². The lowest BCUT2D eigenvalue weighted by molar-refractivity contribution is 0.0696. The topological polar surface area (TPSA) is 75.6 Å². The Morgan fingerprint density at radius 3 is 2.60 bits per heavy atom. The number of carbonyl (C=O) groups excluding carboxylic acids is 1. The van der Waals surface area contributed by atoms with Crippen molar-refractivity contribution in [2.45, 2.75) is 0 Å². The molecular formula is C13H10BrNO4S. The van der Waals surface area contributed by atoms with Gasteiger partial charge >= 0.3 is 5.97 Å². The molecule has 0 aliphatic carbocycles. The van der Waals surface area contributed by atoms with Crippen LogP contribution in [0.2, 0.25) is 0 Å². The van der Waals surface area contributed by atoms with Gasteiger partial charge in [0.25, 0.3) is 5.91 Å². The van der Waals surface area contributed by atoms with Gasteiger partial charge in [0.1, 0.15) is 5.75 Å². The molecule has 0 aliphatic rings. The van der Waals surface area contributed by atoms with Crippen molar-refractivity contribution in [2.75, 3.05) is 12.4 Å². The summed E-state index contributed by atoms with van der Waals surface area (Å²) in [6, 6.07) is 7.73. The molecule has 1 aromatic heterocycles. The first kappa shape index (κ1) is 14.5. The Kier molecular flexibility index (Phi) is 4.41. The number of anilines is 1. The van der Waals surface area contributed by atoms with Crippen molar-refractivity contribution < 1.29 is 19.4 Å². The molecule has 104 valence electrons. The molecule has 7 heteroatoms. The van der Waals surface area contributed by atoms with Crippen molar-refractivity contribution in [1.82, 2.24) is 0 Å². The fraction of sp³-hybridized carbons (Fsp3) is 0.0769. The number of carboxylic acids is 1. The summed E-state index contributed by atoms with van der Waals surface area (Å²) in [4.78, 5) is 23.5. The third-order valence-corrected chi connectivity index (χ3v) is 4.11. The highest BCUT2D eigenvalue weighted by atomic mass is 79.9. The molecule has 0 bridgehead atoms. The summed E-state index contributed by atoms with van der Waals surface area (Å²) in [7, 11) is 1.45. The number of hydrogen-bond acceptors (Lipinski definition) is 4. The van der Waals surface area contributed by atoms with E-state index >= 15 is 0 Å². The molecule has 5 nitrogen and oxygen atoms in total. The number of halogens is 1. The zero-order valence-electron chi connectivity index (χ0n) is 10.3. The van der Waals surface area contributed by atoms with Crippen molar-refractivity contribution in [3.63, 3.8) is 0 Å². The summed E-state index contributed by atoms with van der Waals surface area (Å²) in [5, 5.41) is 11.6. The lowest BCUT2D eigenvalue weighted by atomic mass is 10.2. The number of methoxy groups -OCH3 is 1. The number of thiophene rings is 1. The van der Waals surface area contributed by atoms with E-state index in [4.69, 9.17) is 9.84 Å². The van der Waals surface area contributed by atoms with Gasteiger partial charge in [0, 0.05) is 0 Å². The summed E-state index contributed by atoms with van der Waals surface area (Å²) in [5.41, 5.74) is 0.399. The Morgan fingerprint density at radius 1 is 1.30 bits per heavy atom. The molecule has 0 aliphatic heterocycles. The zero-order valence-corrected chi connectivity index (χ0v) is 12.7. The van der Waals surface area contributed by atoms with E-state index in [1.165, 1.54) is 36.6 Å². The first-order valence-corrected chi connectivity index (χ1v) is 7.10. The number of nitrogens with one attached hydrogen (secondary N) is 1. The number of carboxylic acid groups (broad SMARTS) is 1. The SMILES string of the molecule is COc1ccc(C(=O)O)cc1NC(=O)c1ccc(Br)s1. The van der Waals surface area contributed by atoms with Gasteiger partial charge in [-0.2, -0.15) is 0 Å². The largest absolute Gasteiger partial charge is 0.495 e. The molecular weight excluding hydrogens is 346 g/mol. The number of aromatic carboxylic acids is 1. The molecule has 0 saturated carbocycles. The molecule has 2 N–H and O–H groups in total. The average Bonchev–Trinajstić information content (AvgIpc) is 2.85. The van der Waals surface area contributed by atoms with E-state index < -0.39 is 5.97 Å². The fourth-order valence-electron chi connectivity index (χ4n) is 1.56. The number of amides is 1. The molecule has 1 amide bonds. The molecule has 2 aromatic rings. The third kappa shape index (κ3) is 3.17. The van der Waals surface area contributed by atoms with Crippen LogP contribution in [0.3, 0.4) is 0 Å². The average molecular weight is 356 g/mol. The zero-order chi connectivity index (χ0) is 14.7. The molecule has 20 heavy (non-hydrogen) atoms. The molecule has 0 spiro atoms. The highest BCUT2D eigenvalue weighted by Gasteiger charge is 2.14. The van der Waals surface area contributed by atoms with E-state index in [0.717, 1.165) is 3.79 Å². The van der Waals surface area contributed by atoms with Crippen molar-refractivity contribution in [2.24, 2.45) is 0 Å². The lowest BCUT2D eigenvalue weighted by Gasteiger charge is -2.10. The second kappa shape index (κ2) is 6.06. The van der Waals surface area contributed by atoms with Crippen LogP contribution in [0, 0.1) is 0 Å². The summed E-state index contributed by atoms with van der Waals surface area (Å²) >= 11 is 4.57. The Bertz CT molecular complexity index is 668. The first-order chi connectivity index (χ1) is 9.51. The van der Waals surface area contributed by atoms with Crippen LogP contribution >= 0.6 is 27.3 Å². The number of ether oxygens (including phenoxy) is 1. The van der Waals surface area contributed by atoms with Gasteiger partial charge in [0.2, 0.25) is 0 Å². The second-order valence-corrected chi connectivity index (χ2v) is 6.24. The monoisotopic (exact) mass is 355 g/mol. The predicted octanol–water partition coefficient (Wildman–Crippen LogP) is 3.47. The van der Waals surface area contributed by atoms with Gasteiger partial charge in [-0.3, -0.25) is 4.79 Å². The lowest BCUT2D eigenvalue weighted by Crippen LogP contribution is -2.12. The summed E-state index contributed by atoms with van der Waals surface area (Å²) in [6.45, 7) is 0. The molecule has 0 unspecified atom stereocenters. The number of rotatable bonds is 4. The normalized spacial score (nSPS) is 10.1. The van der Waals surface area contributed by atoms with Crippen molar-refractivity contribution in [1.29, 1.82) is 0 Å². The van der Waals surface area contributed by atoms with Crippen molar-refractivity contribution in [3.05, 3.63) is 44.6 Å². The Hall–Kier alpha value is -1.86. The van der Waals surface area contributed by atoms with E-state index in [1.807, 2.05) is 0 Å². The molecule has 0 atom stereocenters. The van der Waals surface area contributed by atoms with E-state index in [-0.39, 0.29) is 11.5 Å². The molecule has 0 fully saturated rings. The molecule has 2 rings (SSSR count). The third-order valence-electron chi connectivity index (χ3n) is 2.49. The molecule has 1 heterocycles. The van der Waals surface area contributed by atoms with Crippen molar-refractivity contribution in [3.8, 4) is 5.75 Å². The van der Waals surface area contributed by atoms with Crippen LogP contribution in [-0.2, 0) is 0 Å². The van der Waals surface area contributed by atoms with Gasteiger partial charge in [-0.15, -0.1) is 11.3 Å². The fourth-order valence-corrected chi connectivity index (χ4v) is 2.84. The van der Waals surface area contributed by atoms with Crippen LogP contribution in [0.15, 0.2) is 34.1 Å². The maximum Gasteiger partial charge on any atom is 0.335 e. The standard InChI is InChI=1S/C13H10BrNO4S/c1-19-9-3-2-7(13(17)18)6-8(9)15-12(16)10-4-5-11(14)20-10/h2-6H,1H3,(H,15,16)(H,17,18). The maximum absolute atomic E-state index is 12.1. The maximum atomic E-state index is 12.1. The second-order valence-electron chi connectivity index (χ2n) is 3.78. The van der Waals surface area contributed by atoms with Gasteiger partial charge in [0.15, 0.2) is 0 Å². The van der Waals surface area contributed by atoms with Crippen LogP contribution in [0.25, 0.3) is 0 Å². The Morgan fingerprint density at radius 2 is 2.05 bits per heavy atom.